The van der Waals surface area contributed by atoms with Crippen LogP contribution in [0.2, 0.25) is 0 Å². The van der Waals surface area contributed by atoms with Crippen molar-refractivity contribution in [2.45, 2.75) is 13.0 Å². The summed E-state index contributed by atoms with van der Waals surface area (Å²) in [6, 6.07) is 9.81. The summed E-state index contributed by atoms with van der Waals surface area (Å²) in [5, 5.41) is 6.00. The Morgan fingerprint density at radius 3 is 2.83 bits per heavy atom. The highest BCUT2D eigenvalue weighted by atomic mass is 32.1. The molecule has 0 fully saturated rings. The van der Waals surface area contributed by atoms with Crippen molar-refractivity contribution in [2.24, 2.45) is 0 Å². The van der Waals surface area contributed by atoms with Gasteiger partial charge in [-0.25, -0.2) is 4.39 Å². The van der Waals surface area contributed by atoms with Crippen molar-refractivity contribution in [3.05, 3.63) is 63.7 Å². The second kappa shape index (κ2) is 5.62. The molecule has 1 aliphatic rings. The van der Waals surface area contributed by atoms with Gasteiger partial charge in [0, 0.05) is 24.1 Å². The van der Waals surface area contributed by atoms with Crippen LogP contribution in [0.4, 0.5) is 4.39 Å². The molecule has 0 saturated carbocycles. The third kappa shape index (κ3) is 2.55. The number of thiophene rings is 1. The second-order valence-electron chi connectivity index (χ2n) is 5.40. The molecule has 3 heterocycles. The average molecular weight is 328 g/mol. The molecule has 0 bridgehead atoms. The number of hydrogen-bond donors (Lipinski definition) is 0. The van der Waals surface area contributed by atoms with E-state index in [1.165, 1.54) is 23.5 Å². The van der Waals surface area contributed by atoms with E-state index in [-0.39, 0.29) is 11.7 Å². The van der Waals surface area contributed by atoms with E-state index in [0.29, 0.717) is 25.3 Å². The van der Waals surface area contributed by atoms with E-state index in [4.69, 9.17) is 4.52 Å². The molecule has 0 saturated heterocycles. The van der Waals surface area contributed by atoms with Gasteiger partial charge in [0.25, 0.3) is 5.91 Å². The molecule has 0 spiro atoms. The first-order chi connectivity index (χ1) is 11.2. The lowest BCUT2D eigenvalue weighted by Crippen LogP contribution is -2.35. The van der Waals surface area contributed by atoms with Crippen molar-refractivity contribution < 1.29 is 13.7 Å². The molecule has 6 heteroatoms. The van der Waals surface area contributed by atoms with Gasteiger partial charge in [-0.1, -0.05) is 11.2 Å². The summed E-state index contributed by atoms with van der Waals surface area (Å²) < 4.78 is 18.5. The first-order valence-corrected chi connectivity index (χ1v) is 8.16. The molecule has 116 valence electrons. The summed E-state index contributed by atoms with van der Waals surface area (Å²) in [6.45, 7) is 1.08. The Morgan fingerprint density at radius 2 is 2.09 bits per heavy atom. The number of amides is 1. The maximum atomic E-state index is 13.1. The van der Waals surface area contributed by atoms with E-state index in [9.17, 15) is 9.18 Å². The standard InChI is InChI=1S/C17H13FN2O2S/c18-12-5-3-11(4-6-12)16-13-10-20(8-7-14(13)19-22-16)17(21)15-2-1-9-23-15/h1-6,9H,7-8,10H2. The highest BCUT2D eigenvalue weighted by molar-refractivity contribution is 7.12. The number of carbonyl (C=O) groups is 1. The van der Waals surface area contributed by atoms with Crippen LogP contribution < -0.4 is 0 Å². The van der Waals surface area contributed by atoms with Gasteiger partial charge in [0.15, 0.2) is 5.76 Å². The number of benzene rings is 1. The normalized spacial score (nSPS) is 13.9. The van der Waals surface area contributed by atoms with Crippen molar-refractivity contribution in [2.75, 3.05) is 6.54 Å². The predicted octanol–water partition coefficient (Wildman–Crippen LogP) is 3.74. The molecule has 2 aromatic heterocycles. The monoisotopic (exact) mass is 328 g/mol. The van der Waals surface area contributed by atoms with E-state index in [2.05, 4.69) is 5.16 Å². The summed E-state index contributed by atoms with van der Waals surface area (Å²) in [4.78, 5) is 15.1. The lowest BCUT2D eigenvalue weighted by atomic mass is 10.0. The van der Waals surface area contributed by atoms with Crippen LogP contribution in [0.5, 0.6) is 0 Å². The Morgan fingerprint density at radius 1 is 1.26 bits per heavy atom. The van der Waals surface area contributed by atoms with Crippen molar-refractivity contribution in [1.82, 2.24) is 10.1 Å². The zero-order valence-electron chi connectivity index (χ0n) is 12.2. The minimum atomic E-state index is -0.295. The van der Waals surface area contributed by atoms with Crippen molar-refractivity contribution >= 4 is 17.2 Å². The molecular formula is C17H13FN2O2S. The van der Waals surface area contributed by atoms with E-state index in [1.807, 2.05) is 17.5 Å². The fraction of sp³-hybridized carbons (Fsp3) is 0.176. The van der Waals surface area contributed by atoms with Crippen LogP contribution in [0.1, 0.15) is 20.9 Å². The smallest absolute Gasteiger partial charge is 0.264 e. The van der Waals surface area contributed by atoms with E-state index in [1.54, 1.807) is 17.0 Å². The largest absolute Gasteiger partial charge is 0.356 e. The Labute approximate surface area is 136 Å². The molecule has 0 radical (unpaired) electrons. The van der Waals surface area contributed by atoms with E-state index < -0.39 is 0 Å². The van der Waals surface area contributed by atoms with Gasteiger partial charge in [-0.05, 0) is 35.7 Å². The summed E-state index contributed by atoms with van der Waals surface area (Å²) in [6.07, 6.45) is 0.664. The van der Waals surface area contributed by atoms with Gasteiger partial charge >= 0.3 is 0 Å². The fourth-order valence-corrected chi connectivity index (χ4v) is 3.46. The van der Waals surface area contributed by atoms with Crippen LogP contribution in [0.15, 0.2) is 46.3 Å². The SMILES string of the molecule is O=C(c1cccs1)N1CCc2noc(-c3ccc(F)cc3)c2C1. The molecule has 4 rings (SSSR count). The molecule has 0 N–H and O–H groups in total. The Balaban J connectivity index is 1.65. The average Bonchev–Trinajstić information content (AvgIpc) is 3.24. The quantitative estimate of drug-likeness (QED) is 0.720. The molecule has 1 amide bonds. The zero-order valence-corrected chi connectivity index (χ0v) is 13.0. The van der Waals surface area contributed by atoms with Gasteiger partial charge in [-0.15, -0.1) is 11.3 Å². The number of fused-ring (bicyclic) bond motifs is 1. The van der Waals surface area contributed by atoms with Gasteiger partial charge in [-0.3, -0.25) is 4.79 Å². The Hall–Kier alpha value is -2.47. The van der Waals surface area contributed by atoms with Crippen molar-refractivity contribution in [1.29, 1.82) is 0 Å². The molecular weight excluding hydrogens is 315 g/mol. The Bertz CT molecular complexity index is 840. The summed E-state index contributed by atoms with van der Waals surface area (Å²) in [5.41, 5.74) is 2.55. The van der Waals surface area contributed by atoms with Crippen molar-refractivity contribution in [3.8, 4) is 11.3 Å². The zero-order chi connectivity index (χ0) is 15.8. The minimum Gasteiger partial charge on any atom is -0.356 e. The first-order valence-electron chi connectivity index (χ1n) is 7.28. The fourth-order valence-electron chi connectivity index (χ4n) is 2.77. The third-order valence-electron chi connectivity index (χ3n) is 3.96. The van der Waals surface area contributed by atoms with Gasteiger partial charge in [0.1, 0.15) is 5.82 Å². The maximum Gasteiger partial charge on any atom is 0.264 e. The van der Waals surface area contributed by atoms with Crippen LogP contribution in [0.25, 0.3) is 11.3 Å². The third-order valence-corrected chi connectivity index (χ3v) is 4.82. The number of hydrogen-bond acceptors (Lipinski definition) is 4. The highest BCUT2D eigenvalue weighted by Crippen LogP contribution is 2.31. The minimum absolute atomic E-state index is 0.0249. The van der Waals surface area contributed by atoms with Crippen LogP contribution in [0.3, 0.4) is 0 Å². The molecule has 4 nitrogen and oxygen atoms in total. The lowest BCUT2D eigenvalue weighted by molar-refractivity contribution is 0.0739. The summed E-state index contributed by atoms with van der Waals surface area (Å²) >= 11 is 1.44. The maximum absolute atomic E-state index is 13.1. The first kappa shape index (κ1) is 14.1. The molecule has 1 aromatic carbocycles. The summed E-state index contributed by atoms with van der Waals surface area (Å²) in [5.74, 6) is 0.345. The number of nitrogens with zero attached hydrogens (tertiary/aromatic N) is 2. The molecule has 1 aliphatic heterocycles. The molecule has 23 heavy (non-hydrogen) atoms. The van der Waals surface area contributed by atoms with E-state index >= 15 is 0 Å². The van der Waals surface area contributed by atoms with Gasteiger partial charge in [0.05, 0.1) is 17.1 Å². The van der Waals surface area contributed by atoms with Crippen LogP contribution in [0, 0.1) is 5.82 Å². The van der Waals surface area contributed by atoms with Gasteiger partial charge in [-0.2, -0.15) is 0 Å². The number of halogens is 1. The molecule has 0 aliphatic carbocycles. The number of rotatable bonds is 2. The summed E-state index contributed by atoms with van der Waals surface area (Å²) in [7, 11) is 0. The molecule has 0 atom stereocenters. The van der Waals surface area contributed by atoms with Gasteiger partial charge in [0.2, 0.25) is 0 Å². The topological polar surface area (TPSA) is 46.3 Å². The molecule has 3 aromatic rings. The van der Waals surface area contributed by atoms with Gasteiger partial charge < -0.3 is 9.42 Å². The number of aromatic nitrogens is 1. The van der Waals surface area contributed by atoms with E-state index in [0.717, 1.165) is 21.7 Å². The highest BCUT2D eigenvalue weighted by Gasteiger charge is 2.28. The van der Waals surface area contributed by atoms with Crippen LogP contribution in [-0.4, -0.2) is 22.5 Å². The van der Waals surface area contributed by atoms with Crippen LogP contribution in [-0.2, 0) is 13.0 Å². The second-order valence-corrected chi connectivity index (χ2v) is 6.35. The predicted molar refractivity (Wildman–Crippen MR) is 84.7 cm³/mol. The molecule has 0 unspecified atom stereocenters. The van der Waals surface area contributed by atoms with Crippen molar-refractivity contribution in [3.63, 3.8) is 0 Å². The number of carbonyl (C=O) groups excluding carboxylic acids is 1. The Kier molecular flexibility index (Phi) is 3.46. The lowest BCUT2D eigenvalue weighted by Gasteiger charge is -2.25. The van der Waals surface area contributed by atoms with Crippen LogP contribution >= 0.6 is 11.3 Å².